The molecule has 1 aliphatic rings. The summed E-state index contributed by atoms with van der Waals surface area (Å²) in [6, 6.07) is 8.18. The first kappa shape index (κ1) is 12.4. The van der Waals surface area contributed by atoms with Crippen LogP contribution in [-0.4, -0.2) is 28.7 Å². The maximum Gasteiger partial charge on any atom is 0.374 e. The fraction of sp³-hybridized carbons (Fsp3) is 0.154. The zero-order valence-electron chi connectivity index (χ0n) is 10.3. The van der Waals surface area contributed by atoms with Crippen LogP contribution in [0.5, 0.6) is 0 Å². The van der Waals surface area contributed by atoms with E-state index in [-0.39, 0.29) is 11.7 Å². The average Bonchev–Trinajstić information content (AvgIpc) is 3.07. The Hall–Kier alpha value is -2.67. The molecule has 0 aliphatic carbocycles. The highest BCUT2D eigenvalue weighted by molar-refractivity contribution is 5.93. The van der Waals surface area contributed by atoms with E-state index in [0.29, 0.717) is 30.0 Å². The van der Waals surface area contributed by atoms with Crippen molar-refractivity contribution in [3.8, 4) is 11.3 Å². The number of rotatable bonds is 3. The summed E-state index contributed by atoms with van der Waals surface area (Å²) in [4.78, 5) is 27.4. The highest BCUT2D eigenvalue weighted by atomic mass is 16.7. The van der Waals surface area contributed by atoms with Gasteiger partial charge in [-0.3, -0.25) is 9.63 Å². The van der Waals surface area contributed by atoms with Crippen LogP contribution in [0.25, 0.3) is 11.3 Å². The number of carboxylic acid groups (broad SMARTS) is 1. The molecule has 20 heavy (non-hydrogen) atoms. The zero-order valence-corrected chi connectivity index (χ0v) is 10.3. The van der Waals surface area contributed by atoms with Gasteiger partial charge in [0.25, 0.3) is 5.91 Å². The van der Waals surface area contributed by atoms with Gasteiger partial charge in [0, 0.05) is 11.6 Å². The number of nitrogens with zero attached hydrogens (tertiary/aromatic N) is 2. The minimum atomic E-state index is -1.17. The quantitative estimate of drug-likeness (QED) is 0.915. The molecular weight excluding hydrogens is 264 g/mol. The summed E-state index contributed by atoms with van der Waals surface area (Å²) in [7, 11) is 0. The summed E-state index contributed by atoms with van der Waals surface area (Å²) in [5.41, 5.74) is 1.73. The third-order valence-corrected chi connectivity index (χ3v) is 2.88. The van der Waals surface area contributed by atoms with Gasteiger partial charge in [-0.1, -0.05) is 17.3 Å². The molecule has 1 aromatic carbocycles. The standard InChI is InChI=1S/C13H10N2O5/c16-12-5-6-19-15(12)9-3-1-8(2-4-9)10-7-11(13(17)18)20-14-10/h1-4,7H,5-6H2,(H,17,18). The van der Waals surface area contributed by atoms with Crippen LogP contribution in [0.15, 0.2) is 34.9 Å². The van der Waals surface area contributed by atoms with Gasteiger partial charge in [-0.05, 0) is 12.1 Å². The molecule has 1 amide bonds. The monoisotopic (exact) mass is 274 g/mol. The van der Waals surface area contributed by atoms with Crippen LogP contribution < -0.4 is 5.06 Å². The molecule has 1 saturated heterocycles. The van der Waals surface area contributed by atoms with Crippen molar-refractivity contribution < 1.29 is 24.1 Å². The minimum Gasteiger partial charge on any atom is -0.475 e. The first-order valence-corrected chi connectivity index (χ1v) is 5.91. The topological polar surface area (TPSA) is 92.9 Å². The Morgan fingerprint density at radius 2 is 2.05 bits per heavy atom. The molecule has 2 heterocycles. The van der Waals surface area contributed by atoms with Crippen molar-refractivity contribution in [2.75, 3.05) is 11.7 Å². The van der Waals surface area contributed by atoms with Gasteiger partial charge in [-0.25, -0.2) is 4.79 Å². The Kier molecular flexibility index (Phi) is 2.96. The highest BCUT2D eigenvalue weighted by Gasteiger charge is 2.23. The molecule has 1 N–H and O–H groups in total. The number of carbonyl (C=O) groups is 2. The van der Waals surface area contributed by atoms with Gasteiger partial charge in [0.15, 0.2) is 0 Å². The highest BCUT2D eigenvalue weighted by Crippen LogP contribution is 2.25. The first-order chi connectivity index (χ1) is 9.65. The minimum absolute atomic E-state index is 0.0904. The molecule has 2 aromatic rings. The van der Waals surface area contributed by atoms with Gasteiger partial charge in [0.05, 0.1) is 18.7 Å². The van der Waals surface area contributed by atoms with Crippen molar-refractivity contribution in [3.63, 3.8) is 0 Å². The van der Waals surface area contributed by atoms with E-state index in [1.807, 2.05) is 0 Å². The predicted octanol–water partition coefficient (Wildman–Crippen LogP) is 1.71. The van der Waals surface area contributed by atoms with Gasteiger partial charge >= 0.3 is 5.97 Å². The normalized spacial score (nSPS) is 14.8. The van der Waals surface area contributed by atoms with Crippen molar-refractivity contribution in [3.05, 3.63) is 36.1 Å². The second-order valence-electron chi connectivity index (χ2n) is 4.20. The molecule has 1 aromatic heterocycles. The Labute approximate surface area is 113 Å². The SMILES string of the molecule is O=C(O)c1cc(-c2ccc(N3OCCC3=O)cc2)no1. The molecule has 102 valence electrons. The fourth-order valence-corrected chi connectivity index (χ4v) is 1.90. The number of carbonyl (C=O) groups excluding carboxylic acids is 1. The number of carboxylic acids is 1. The van der Waals surface area contributed by atoms with Gasteiger partial charge in [0.2, 0.25) is 5.76 Å². The van der Waals surface area contributed by atoms with Crippen molar-refractivity contribution in [2.45, 2.75) is 6.42 Å². The number of aromatic carboxylic acids is 1. The van der Waals surface area contributed by atoms with Crippen LogP contribution in [0, 0.1) is 0 Å². The maximum absolute atomic E-state index is 11.5. The van der Waals surface area contributed by atoms with E-state index in [1.165, 1.54) is 11.1 Å². The Balaban J connectivity index is 1.85. The smallest absolute Gasteiger partial charge is 0.374 e. The van der Waals surface area contributed by atoms with Crippen molar-refractivity contribution >= 4 is 17.6 Å². The molecule has 0 saturated carbocycles. The van der Waals surface area contributed by atoms with Crippen molar-refractivity contribution in [1.82, 2.24) is 5.16 Å². The van der Waals surface area contributed by atoms with E-state index in [0.717, 1.165) is 0 Å². The molecule has 0 atom stereocenters. The lowest BCUT2D eigenvalue weighted by Gasteiger charge is -2.13. The van der Waals surface area contributed by atoms with Crippen LogP contribution in [0.1, 0.15) is 17.0 Å². The van der Waals surface area contributed by atoms with Gasteiger partial charge in [-0.15, -0.1) is 0 Å². The second-order valence-corrected chi connectivity index (χ2v) is 4.20. The summed E-state index contributed by atoms with van der Waals surface area (Å²) < 4.78 is 4.69. The largest absolute Gasteiger partial charge is 0.475 e. The Morgan fingerprint density at radius 1 is 1.30 bits per heavy atom. The van der Waals surface area contributed by atoms with E-state index in [1.54, 1.807) is 24.3 Å². The molecule has 7 heteroatoms. The summed E-state index contributed by atoms with van der Waals surface area (Å²) in [5, 5.41) is 13.7. The van der Waals surface area contributed by atoms with Crippen LogP contribution in [0.4, 0.5) is 5.69 Å². The molecule has 0 unspecified atom stereocenters. The molecule has 0 bridgehead atoms. The maximum atomic E-state index is 11.5. The molecule has 3 rings (SSSR count). The summed E-state index contributed by atoms with van der Waals surface area (Å²) in [6.45, 7) is 0.381. The van der Waals surface area contributed by atoms with Gasteiger partial charge < -0.3 is 9.63 Å². The number of hydroxylamine groups is 1. The lowest BCUT2D eigenvalue weighted by atomic mass is 10.1. The van der Waals surface area contributed by atoms with E-state index >= 15 is 0 Å². The van der Waals surface area contributed by atoms with Gasteiger partial charge in [0.1, 0.15) is 5.69 Å². The number of hydrogen-bond acceptors (Lipinski definition) is 5. The number of aromatic nitrogens is 1. The lowest BCUT2D eigenvalue weighted by Crippen LogP contribution is -2.21. The number of amides is 1. The fourth-order valence-electron chi connectivity index (χ4n) is 1.90. The molecule has 1 fully saturated rings. The first-order valence-electron chi connectivity index (χ1n) is 5.91. The van der Waals surface area contributed by atoms with Crippen LogP contribution in [0.3, 0.4) is 0 Å². The molecule has 0 spiro atoms. The zero-order chi connectivity index (χ0) is 14.1. The van der Waals surface area contributed by atoms with Gasteiger partial charge in [-0.2, -0.15) is 5.06 Å². The van der Waals surface area contributed by atoms with Crippen LogP contribution in [-0.2, 0) is 9.63 Å². The van der Waals surface area contributed by atoms with E-state index in [2.05, 4.69) is 9.68 Å². The molecule has 0 radical (unpaired) electrons. The van der Waals surface area contributed by atoms with Crippen LogP contribution >= 0.6 is 0 Å². The van der Waals surface area contributed by atoms with E-state index in [9.17, 15) is 9.59 Å². The predicted molar refractivity (Wildman–Crippen MR) is 67.0 cm³/mol. The summed E-state index contributed by atoms with van der Waals surface area (Å²) in [5.74, 6) is -1.48. The van der Waals surface area contributed by atoms with E-state index in [4.69, 9.17) is 9.94 Å². The van der Waals surface area contributed by atoms with E-state index < -0.39 is 5.97 Å². The molecule has 1 aliphatic heterocycles. The summed E-state index contributed by atoms with van der Waals surface area (Å²) in [6.07, 6.45) is 0.368. The van der Waals surface area contributed by atoms with Crippen molar-refractivity contribution in [1.29, 1.82) is 0 Å². The number of benzene rings is 1. The molecule has 7 nitrogen and oxygen atoms in total. The number of anilines is 1. The average molecular weight is 274 g/mol. The second kappa shape index (κ2) is 4.78. The van der Waals surface area contributed by atoms with Crippen LogP contribution in [0.2, 0.25) is 0 Å². The Bertz CT molecular complexity index is 662. The summed E-state index contributed by atoms with van der Waals surface area (Å²) >= 11 is 0. The third kappa shape index (κ3) is 2.14. The lowest BCUT2D eigenvalue weighted by molar-refractivity contribution is -0.119. The third-order valence-electron chi connectivity index (χ3n) is 2.88. The Morgan fingerprint density at radius 3 is 2.60 bits per heavy atom. The van der Waals surface area contributed by atoms with Crippen molar-refractivity contribution in [2.24, 2.45) is 0 Å². The number of hydrogen-bond donors (Lipinski definition) is 1. The molecular formula is C13H10N2O5.